The largest absolute Gasteiger partial charge is 0.469 e. The summed E-state index contributed by atoms with van der Waals surface area (Å²) in [7, 11) is 1.27. The quantitative estimate of drug-likeness (QED) is 0.563. The van der Waals surface area contributed by atoms with Crippen LogP contribution < -0.4 is 0 Å². The van der Waals surface area contributed by atoms with Gasteiger partial charge in [-0.25, -0.2) is 4.39 Å². The van der Waals surface area contributed by atoms with Gasteiger partial charge in [0, 0.05) is 0 Å². The number of methoxy groups -OCH3 is 1. The number of esters is 1. The third kappa shape index (κ3) is 2.62. The van der Waals surface area contributed by atoms with Gasteiger partial charge in [0.2, 0.25) is 0 Å². The van der Waals surface area contributed by atoms with Gasteiger partial charge < -0.3 is 4.74 Å². The highest BCUT2D eigenvalue weighted by molar-refractivity contribution is 5.77. The standard InChI is InChI=1S/C11H11FO3/c1-7-3-9(6-13)10(12)4-8(7)5-11(14)15-2/h3-4,6H,5H2,1-2H3. The lowest BCUT2D eigenvalue weighted by molar-refractivity contribution is -0.139. The van der Waals surface area contributed by atoms with E-state index in [1.165, 1.54) is 19.2 Å². The second kappa shape index (κ2) is 4.68. The van der Waals surface area contributed by atoms with Gasteiger partial charge in [-0.1, -0.05) is 0 Å². The van der Waals surface area contributed by atoms with E-state index in [1.54, 1.807) is 6.92 Å². The first-order valence-corrected chi connectivity index (χ1v) is 4.39. The van der Waals surface area contributed by atoms with Crippen molar-refractivity contribution in [2.75, 3.05) is 7.11 Å². The smallest absolute Gasteiger partial charge is 0.309 e. The van der Waals surface area contributed by atoms with Gasteiger partial charge in [-0.15, -0.1) is 0 Å². The average molecular weight is 210 g/mol. The van der Waals surface area contributed by atoms with Crippen molar-refractivity contribution in [3.63, 3.8) is 0 Å². The molecule has 1 rings (SSSR count). The monoisotopic (exact) mass is 210 g/mol. The van der Waals surface area contributed by atoms with Crippen LogP contribution in [0.15, 0.2) is 12.1 Å². The number of halogens is 1. The first-order chi connectivity index (χ1) is 7.08. The van der Waals surface area contributed by atoms with Crippen LogP contribution in [0.3, 0.4) is 0 Å². The van der Waals surface area contributed by atoms with Crippen molar-refractivity contribution in [3.8, 4) is 0 Å². The summed E-state index contributed by atoms with van der Waals surface area (Å²) in [5.74, 6) is -1.05. The van der Waals surface area contributed by atoms with E-state index in [4.69, 9.17) is 0 Å². The summed E-state index contributed by atoms with van der Waals surface area (Å²) in [5, 5.41) is 0. The predicted molar refractivity (Wildman–Crippen MR) is 52.2 cm³/mol. The van der Waals surface area contributed by atoms with Gasteiger partial charge in [0.25, 0.3) is 0 Å². The highest BCUT2D eigenvalue weighted by Gasteiger charge is 2.10. The van der Waals surface area contributed by atoms with E-state index in [2.05, 4.69) is 4.74 Å². The summed E-state index contributed by atoms with van der Waals surface area (Å²) in [6.45, 7) is 1.71. The Balaban J connectivity index is 3.05. The van der Waals surface area contributed by atoms with E-state index >= 15 is 0 Å². The van der Waals surface area contributed by atoms with E-state index in [0.29, 0.717) is 17.4 Å². The molecule has 0 saturated heterocycles. The minimum absolute atomic E-state index is 0.00103. The van der Waals surface area contributed by atoms with Gasteiger partial charge >= 0.3 is 5.97 Å². The fourth-order valence-corrected chi connectivity index (χ4v) is 1.25. The molecule has 0 radical (unpaired) electrons. The summed E-state index contributed by atoms with van der Waals surface area (Å²) in [5.41, 5.74) is 1.23. The van der Waals surface area contributed by atoms with Gasteiger partial charge in [0.1, 0.15) is 5.82 Å². The third-order valence-corrected chi connectivity index (χ3v) is 2.14. The summed E-state index contributed by atoms with van der Waals surface area (Å²) < 4.78 is 17.7. The number of benzene rings is 1. The molecule has 0 heterocycles. The maximum atomic E-state index is 13.2. The molecule has 0 bridgehead atoms. The number of carbonyl (C=O) groups is 2. The summed E-state index contributed by atoms with van der Waals surface area (Å²) in [6, 6.07) is 2.61. The van der Waals surface area contributed by atoms with E-state index in [1.807, 2.05) is 0 Å². The van der Waals surface area contributed by atoms with Crippen LogP contribution in [0.2, 0.25) is 0 Å². The summed E-state index contributed by atoms with van der Waals surface area (Å²) >= 11 is 0. The molecule has 0 spiro atoms. The van der Waals surface area contributed by atoms with Crippen molar-refractivity contribution >= 4 is 12.3 Å². The number of aryl methyl sites for hydroxylation is 1. The van der Waals surface area contributed by atoms with E-state index < -0.39 is 11.8 Å². The Morgan fingerprint density at radius 1 is 1.53 bits per heavy atom. The molecular formula is C11H11FO3. The fraction of sp³-hybridized carbons (Fsp3) is 0.273. The average Bonchev–Trinajstić information content (AvgIpc) is 2.22. The van der Waals surface area contributed by atoms with E-state index in [-0.39, 0.29) is 12.0 Å². The molecule has 0 atom stereocenters. The summed E-state index contributed by atoms with van der Waals surface area (Å²) in [4.78, 5) is 21.4. The van der Waals surface area contributed by atoms with Gasteiger partial charge in [-0.2, -0.15) is 0 Å². The summed E-state index contributed by atoms with van der Waals surface area (Å²) in [6.07, 6.45) is 0.461. The molecule has 0 aliphatic rings. The second-order valence-electron chi connectivity index (χ2n) is 3.17. The first kappa shape index (κ1) is 11.4. The fourth-order valence-electron chi connectivity index (χ4n) is 1.25. The van der Waals surface area contributed by atoms with Crippen LogP contribution in [0.5, 0.6) is 0 Å². The lowest BCUT2D eigenvalue weighted by Gasteiger charge is -2.06. The molecule has 15 heavy (non-hydrogen) atoms. The molecule has 0 aromatic heterocycles. The Kier molecular flexibility index (Phi) is 3.55. The molecule has 0 unspecified atom stereocenters. The van der Waals surface area contributed by atoms with E-state index in [0.717, 1.165) is 0 Å². The Labute approximate surface area is 86.9 Å². The molecule has 0 aliphatic carbocycles. The van der Waals surface area contributed by atoms with Gasteiger partial charge in [-0.05, 0) is 30.2 Å². The van der Waals surface area contributed by atoms with E-state index in [9.17, 15) is 14.0 Å². The van der Waals surface area contributed by atoms with Crippen LogP contribution >= 0.6 is 0 Å². The van der Waals surface area contributed by atoms with Crippen LogP contribution in [0.1, 0.15) is 21.5 Å². The molecule has 3 nitrogen and oxygen atoms in total. The minimum atomic E-state index is -0.616. The van der Waals surface area contributed by atoms with Crippen molar-refractivity contribution in [2.24, 2.45) is 0 Å². The second-order valence-corrected chi connectivity index (χ2v) is 3.17. The zero-order valence-electron chi connectivity index (χ0n) is 8.54. The van der Waals surface area contributed by atoms with Crippen LogP contribution in [0.25, 0.3) is 0 Å². The predicted octanol–water partition coefficient (Wildman–Crippen LogP) is 1.66. The number of aldehydes is 1. The van der Waals surface area contributed by atoms with Gasteiger partial charge in [0.15, 0.2) is 6.29 Å². The molecule has 80 valence electrons. The topological polar surface area (TPSA) is 43.4 Å². The number of hydrogen-bond acceptors (Lipinski definition) is 3. The van der Waals surface area contributed by atoms with Crippen LogP contribution in [-0.2, 0) is 16.0 Å². The maximum Gasteiger partial charge on any atom is 0.309 e. The van der Waals surface area contributed by atoms with Crippen LogP contribution in [-0.4, -0.2) is 19.4 Å². The van der Waals surface area contributed by atoms with Crippen LogP contribution in [0, 0.1) is 12.7 Å². The Morgan fingerprint density at radius 3 is 2.73 bits per heavy atom. The lowest BCUT2D eigenvalue weighted by atomic mass is 10.0. The molecule has 0 amide bonds. The third-order valence-electron chi connectivity index (χ3n) is 2.14. The van der Waals surface area contributed by atoms with Gasteiger partial charge in [-0.3, -0.25) is 9.59 Å². The lowest BCUT2D eigenvalue weighted by Crippen LogP contribution is -2.07. The number of ether oxygens (including phenoxy) is 1. The normalized spacial score (nSPS) is 9.80. The number of hydrogen-bond donors (Lipinski definition) is 0. The van der Waals surface area contributed by atoms with Crippen molar-refractivity contribution in [1.29, 1.82) is 0 Å². The zero-order chi connectivity index (χ0) is 11.4. The first-order valence-electron chi connectivity index (χ1n) is 4.39. The minimum Gasteiger partial charge on any atom is -0.469 e. The van der Waals surface area contributed by atoms with Crippen molar-refractivity contribution < 1.29 is 18.7 Å². The molecule has 0 N–H and O–H groups in total. The van der Waals surface area contributed by atoms with Gasteiger partial charge in [0.05, 0.1) is 19.1 Å². The number of carbonyl (C=O) groups excluding carboxylic acids is 2. The zero-order valence-corrected chi connectivity index (χ0v) is 8.54. The molecule has 1 aromatic rings. The molecule has 0 fully saturated rings. The maximum absolute atomic E-state index is 13.2. The molecule has 0 saturated carbocycles. The highest BCUT2D eigenvalue weighted by atomic mass is 19.1. The number of rotatable bonds is 3. The Morgan fingerprint density at radius 2 is 2.20 bits per heavy atom. The van der Waals surface area contributed by atoms with Crippen LogP contribution in [0.4, 0.5) is 4.39 Å². The highest BCUT2D eigenvalue weighted by Crippen LogP contribution is 2.15. The molecule has 4 heteroatoms. The molecule has 1 aromatic carbocycles. The SMILES string of the molecule is COC(=O)Cc1cc(F)c(C=O)cc1C. The molecule has 0 aliphatic heterocycles. The Hall–Kier alpha value is -1.71. The molecular weight excluding hydrogens is 199 g/mol. The Bertz CT molecular complexity index is 399. The van der Waals surface area contributed by atoms with Crippen molar-refractivity contribution in [1.82, 2.24) is 0 Å². The van der Waals surface area contributed by atoms with Crippen molar-refractivity contribution in [2.45, 2.75) is 13.3 Å². The van der Waals surface area contributed by atoms with Crippen molar-refractivity contribution in [3.05, 3.63) is 34.6 Å².